The molecule has 1 aromatic carbocycles. The van der Waals surface area contributed by atoms with Crippen molar-refractivity contribution in [2.75, 3.05) is 31.1 Å². The molecule has 3 N–H and O–H groups in total. The molecule has 0 spiro atoms. The first-order chi connectivity index (χ1) is 13.6. The highest BCUT2D eigenvalue weighted by Crippen LogP contribution is 2.21. The van der Waals surface area contributed by atoms with Crippen LogP contribution < -0.4 is 15.5 Å². The topological polar surface area (TPSA) is 72.8 Å². The van der Waals surface area contributed by atoms with Crippen LogP contribution in [-0.2, 0) is 0 Å². The lowest BCUT2D eigenvalue weighted by Gasteiger charge is -2.20. The van der Waals surface area contributed by atoms with E-state index < -0.39 is 6.10 Å². The van der Waals surface area contributed by atoms with Gasteiger partial charge < -0.3 is 20.6 Å². The summed E-state index contributed by atoms with van der Waals surface area (Å²) >= 11 is 0. The van der Waals surface area contributed by atoms with Crippen LogP contribution in [0, 0.1) is 12.7 Å². The van der Waals surface area contributed by atoms with Crippen LogP contribution in [0.1, 0.15) is 30.6 Å². The number of rotatable bonds is 6. The van der Waals surface area contributed by atoms with Crippen molar-refractivity contribution in [1.82, 2.24) is 15.6 Å². The van der Waals surface area contributed by atoms with E-state index in [1.807, 2.05) is 43.0 Å². The molecule has 2 atom stereocenters. The molecule has 1 aliphatic heterocycles. The average molecular weight is 513 g/mol. The molecule has 6 nitrogen and oxygen atoms in total. The Labute approximate surface area is 188 Å². The summed E-state index contributed by atoms with van der Waals surface area (Å²) in [5.41, 5.74) is 1.97. The Morgan fingerprint density at radius 1 is 1.38 bits per heavy atom. The summed E-state index contributed by atoms with van der Waals surface area (Å²) in [6, 6.07) is 11.0. The van der Waals surface area contributed by atoms with E-state index in [0.717, 1.165) is 30.6 Å². The molecule has 1 saturated heterocycles. The first kappa shape index (κ1) is 23.3. The van der Waals surface area contributed by atoms with E-state index in [9.17, 15) is 9.50 Å². The van der Waals surface area contributed by atoms with Gasteiger partial charge >= 0.3 is 0 Å². The molecule has 29 heavy (non-hydrogen) atoms. The molecule has 8 heteroatoms. The average Bonchev–Trinajstić information content (AvgIpc) is 3.14. The van der Waals surface area contributed by atoms with Gasteiger partial charge in [0.05, 0.1) is 12.6 Å². The minimum atomic E-state index is -0.655. The number of aliphatic hydroxyl groups excluding tert-OH is 1. The quantitative estimate of drug-likeness (QED) is 0.315. The minimum absolute atomic E-state index is 0. The third-order valence-corrected chi connectivity index (χ3v) is 4.76. The normalized spacial score (nSPS) is 17.6. The maximum Gasteiger partial charge on any atom is 0.191 e. The molecule has 158 valence electrons. The maximum absolute atomic E-state index is 14.0. The highest BCUT2D eigenvalue weighted by Gasteiger charge is 2.26. The molecular formula is C21H29FIN5O. The van der Waals surface area contributed by atoms with Crippen molar-refractivity contribution in [2.24, 2.45) is 4.99 Å². The van der Waals surface area contributed by atoms with Crippen LogP contribution in [0.4, 0.5) is 10.2 Å². The van der Waals surface area contributed by atoms with Crippen LogP contribution in [0.15, 0.2) is 47.6 Å². The fourth-order valence-electron chi connectivity index (χ4n) is 3.35. The lowest BCUT2D eigenvalue weighted by Crippen LogP contribution is -2.45. The van der Waals surface area contributed by atoms with Crippen LogP contribution in [0.2, 0.25) is 0 Å². The molecule has 0 aliphatic carbocycles. The lowest BCUT2D eigenvalue weighted by molar-refractivity contribution is 0.187. The summed E-state index contributed by atoms with van der Waals surface area (Å²) in [7, 11) is 0. The predicted molar refractivity (Wildman–Crippen MR) is 125 cm³/mol. The van der Waals surface area contributed by atoms with Crippen LogP contribution in [0.3, 0.4) is 0 Å². The summed E-state index contributed by atoms with van der Waals surface area (Å²) in [6.07, 6.45) is 1.82. The van der Waals surface area contributed by atoms with Gasteiger partial charge in [-0.15, -0.1) is 24.0 Å². The van der Waals surface area contributed by atoms with Gasteiger partial charge in [0, 0.05) is 31.9 Å². The van der Waals surface area contributed by atoms with E-state index in [4.69, 9.17) is 0 Å². The standard InChI is InChI=1S/C21H28FN5O.HI/c1-3-23-21(25-13-19(28)16-7-4-6-15(2)12-16)26-17-9-11-27(14-17)20-18(22)8-5-10-24-20;/h4-8,10,12,17,19,28H,3,9,11,13-14H2,1-2H3,(H2,23,25,26);1H. The van der Waals surface area contributed by atoms with Crippen LogP contribution in [0.25, 0.3) is 0 Å². The van der Waals surface area contributed by atoms with E-state index >= 15 is 0 Å². The van der Waals surface area contributed by atoms with Crippen molar-refractivity contribution in [3.8, 4) is 0 Å². The fraction of sp³-hybridized carbons (Fsp3) is 0.429. The molecule has 3 rings (SSSR count). The Morgan fingerprint density at radius 2 is 2.21 bits per heavy atom. The molecule has 1 aromatic heterocycles. The van der Waals surface area contributed by atoms with Crippen molar-refractivity contribution in [3.05, 3.63) is 59.5 Å². The van der Waals surface area contributed by atoms with E-state index in [1.165, 1.54) is 6.07 Å². The first-order valence-electron chi connectivity index (χ1n) is 9.71. The second-order valence-corrected chi connectivity index (χ2v) is 7.03. The Kier molecular flexibility index (Phi) is 9.09. The zero-order valence-electron chi connectivity index (χ0n) is 16.8. The Hall–Kier alpha value is -1.94. The van der Waals surface area contributed by atoms with Crippen LogP contribution in [-0.4, -0.2) is 48.3 Å². The number of hydrogen-bond acceptors (Lipinski definition) is 4. The van der Waals surface area contributed by atoms with Gasteiger partial charge in [0.2, 0.25) is 0 Å². The summed E-state index contributed by atoms with van der Waals surface area (Å²) in [6.45, 7) is 6.37. The second kappa shape index (κ2) is 11.3. The third-order valence-electron chi connectivity index (χ3n) is 4.76. The van der Waals surface area contributed by atoms with Gasteiger partial charge in [-0.05, 0) is 38.0 Å². The highest BCUT2D eigenvalue weighted by atomic mass is 127. The van der Waals surface area contributed by atoms with Gasteiger partial charge in [-0.1, -0.05) is 29.8 Å². The van der Waals surface area contributed by atoms with Crippen LogP contribution in [0.5, 0.6) is 0 Å². The zero-order valence-corrected chi connectivity index (χ0v) is 19.1. The van der Waals surface area contributed by atoms with Crippen molar-refractivity contribution in [3.63, 3.8) is 0 Å². The second-order valence-electron chi connectivity index (χ2n) is 7.03. The Balaban J connectivity index is 0.00000300. The number of hydrogen-bond donors (Lipinski definition) is 3. The number of aliphatic hydroxyl groups is 1. The minimum Gasteiger partial charge on any atom is -0.386 e. The number of nitrogens with one attached hydrogen (secondary N) is 2. The number of pyridine rings is 1. The maximum atomic E-state index is 14.0. The number of aryl methyl sites for hydroxylation is 1. The van der Waals surface area contributed by atoms with E-state index in [0.29, 0.717) is 18.3 Å². The van der Waals surface area contributed by atoms with Gasteiger partial charge in [-0.25, -0.2) is 9.37 Å². The number of aliphatic imine (C=N–C) groups is 1. The van der Waals surface area contributed by atoms with E-state index in [2.05, 4.69) is 20.6 Å². The van der Waals surface area contributed by atoms with Crippen molar-refractivity contribution in [2.45, 2.75) is 32.4 Å². The summed E-state index contributed by atoms with van der Waals surface area (Å²) in [5.74, 6) is 0.746. The number of anilines is 1. The predicted octanol–water partition coefficient (Wildman–Crippen LogP) is 3.01. The van der Waals surface area contributed by atoms with Gasteiger partial charge in [0.25, 0.3) is 0 Å². The zero-order chi connectivity index (χ0) is 19.9. The van der Waals surface area contributed by atoms with Gasteiger partial charge in [-0.3, -0.25) is 4.99 Å². The van der Waals surface area contributed by atoms with Gasteiger partial charge in [0.1, 0.15) is 0 Å². The Bertz CT molecular complexity index is 819. The molecule has 2 aromatic rings. The SMILES string of the molecule is CCNC(=NCC(O)c1cccc(C)c1)NC1CCN(c2ncccc2F)C1.I. The van der Waals surface area contributed by atoms with Gasteiger partial charge in [0.15, 0.2) is 17.6 Å². The van der Waals surface area contributed by atoms with Gasteiger partial charge in [-0.2, -0.15) is 0 Å². The van der Waals surface area contributed by atoms with Crippen LogP contribution >= 0.6 is 24.0 Å². The molecule has 2 unspecified atom stereocenters. The van der Waals surface area contributed by atoms with E-state index in [1.54, 1.807) is 12.3 Å². The number of nitrogens with zero attached hydrogens (tertiary/aromatic N) is 3. The number of benzene rings is 1. The Morgan fingerprint density at radius 3 is 2.93 bits per heavy atom. The molecule has 0 radical (unpaired) electrons. The molecule has 0 amide bonds. The third kappa shape index (κ3) is 6.53. The highest BCUT2D eigenvalue weighted by molar-refractivity contribution is 14.0. The lowest BCUT2D eigenvalue weighted by atomic mass is 10.1. The molecule has 0 bridgehead atoms. The summed E-state index contributed by atoms with van der Waals surface area (Å²) < 4.78 is 14.0. The molecule has 0 saturated carbocycles. The van der Waals surface area contributed by atoms with E-state index in [-0.39, 0.29) is 42.4 Å². The van der Waals surface area contributed by atoms with Crippen molar-refractivity contribution >= 4 is 35.8 Å². The summed E-state index contributed by atoms with van der Waals surface area (Å²) in [4.78, 5) is 10.6. The largest absolute Gasteiger partial charge is 0.386 e. The number of aromatic nitrogens is 1. The number of guanidine groups is 1. The fourth-order valence-corrected chi connectivity index (χ4v) is 3.35. The van der Waals surface area contributed by atoms with Crippen molar-refractivity contribution < 1.29 is 9.50 Å². The van der Waals surface area contributed by atoms with Crippen molar-refractivity contribution in [1.29, 1.82) is 0 Å². The smallest absolute Gasteiger partial charge is 0.191 e. The molecule has 2 heterocycles. The first-order valence-corrected chi connectivity index (χ1v) is 9.71. The summed E-state index contributed by atoms with van der Waals surface area (Å²) in [5, 5.41) is 17.0. The molecule has 1 fully saturated rings. The number of halogens is 2. The molecule has 1 aliphatic rings. The molecular weight excluding hydrogens is 484 g/mol. The monoisotopic (exact) mass is 513 g/mol.